The molecule has 4 rings (SSSR count). The number of benzene rings is 3. The van der Waals surface area contributed by atoms with Crippen LogP contribution in [0, 0.1) is 0 Å². The lowest BCUT2D eigenvalue weighted by Crippen LogP contribution is -2.26. The van der Waals surface area contributed by atoms with Gasteiger partial charge in [0.1, 0.15) is 12.4 Å². The molecule has 0 aliphatic carbocycles. The standard InChI is InChI=1S/C23H20N2O2S/c1-16(21-11-5-7-17-6-2-3-10-22(17)21)25-23(26)18-8-4-9-20(12-18)27-13-19-14-28-15-24-19/h2-12,14-16H,13H2,1H3,(H,25,26)/t16-/m0/s1. The molecule has 1 heterocycles. The molecule has 1 atom stereocenters. The van der Waals surface area contributed by atoms with Crippen molar-refractivity contribution in [2.75, 3.05) is 0 Å². The zero-order chi connectivity index (χ0) is 19.3. The number of hydrogen-bond donors (Lipinski definition) is 1. The maximum atomic E-state index is 12.8. The minimum atomic E-state index is -0.125. The number of ether oxygens (including phenoxy) is 1. The first-order valence-corrected chi connectivity index (χ1v) is 10.0. The quantitative estimate of drug-likeness (QED) is 0.483. The SMILES string of the molecule is C[C@H](NC(=O)c1cccc(OCc2cscn2)c1)c1cccc2ccccc12. The molecule has 3 aromatic carbocycles. The second-order valence-corrected chi connectivity index (χ2v) is 7.28. The summed E-state index contributed by atoms with van der Waals surface area (Å²) in [5.41, 5.74) is 4.33. The second kappa shape index (κ2) is 8.23. The molecule has 0 spiro atoms. The van der Waals surface area contributed by atoms with Crippen molar-refractivity contribution >= 4 is 28.0 Å². The Labute approximate surface area is 167 Å². The van der Waals surface area contributed by atoms with E-state index in [2.05, 4.69) is 34.6 Å². The van der Waals surface area contributed by atoms with Gasteiger partial charge in [-0.05, 0) is 41.5 Å². The van der Waals surface area contributed by atoms with Gasteiger partial charge >= 0.3 is 0 Å². The van der Waals surface area contributed by atoms with Gasteiger partial charge in [0, 0.05) is 10.9 Å². The molecule has 1 amide bonds. The molecule has 0 unspecified atom stereocenters. The highest BCUT2D eigenvalue weighted by molar-refractivity contribution is 7.07. The Morgan fingerprint density at radius 2 is 1.93 bits per heavy atom. The number of rotatable bonds is 6. The molecule has 4 aromatic rings. The van der Waals surface area contributed by atoms with E-state index in [1.807, 2.05) is 42.6 Å². The lowest BCUT2D eigenvalue weighted by molar-refractivity contribution is 0.0939. The Hall–Kier alpha value is -3.18. The van der Waals surface area contributed by atoms with Gasteiger partial charge in [0.2, 0.25) is 0 Å². The van der Waals surface area contributed by atoms with E-state index in [0.29, 0.717) is 17.9 Å². The molecule has 0 radical (unpaired) electrons. The molecule has 0 fully saturated rings. The monoisotopic (exact) mass is 388 g/mol. The Morgan fingerprint density at radius 3 is 2.79 bits per heavy atom. The highest BCUT2D eigenvalue weighted by Crippen LogP contribution is 2.24. The first kappa shape index (κ1) is 18.2. The molecule has 1 aromatic heterocycles. The fourth-order valence-corrected chi connectivity index (χ4v) is 3.72. The number of aromatic nitrogens is 1. The van der Waals surface area contributed by atoms with E-state index in [0.717, 1.165) is 16.6 Å². The fourth-order valence-electron chi connectivity index (χ4n) is 3.18. The molecular weight excluding hydrogens is 368 g/mol. The number of nitrogens with zero attached hydrogens (tertiary/aromatic N) is 1. The number of carbonyl (C=O) groups is 1. The predicted molar refractivity (Wildman–Crippen MR) is 113 cm³/mol. The van der Waals surface area contributed by atoms with Crippen molar-refractivity contribution in [3.05, 3.63) is 94.4 Å². The Morgan fingerprint density at radius 1 is 1.11 bits per heavy atom. The van der Waals surface area contributed by atoms with E-state index in [9.17, 15) is 4.79 Å². The molecule has 140 valence electrons. The number of thiazole rings is 1. The lowest BCUT2D eigenvalue weighted by Gasteiger charge is -2.17. The van der Waals surface area contributed by atoms with E-state index in [4.69, 9.17) is 4.74 Å². The van der Waals surface area contributed by atoms with Crippen LogP contribution in [0.2, 0.25) is 0 Å². The summed E-state index contributed by atoms with van der Waals surface area (Å²) < 4.78 is 5.75. The van der Waals surface area contributed by atoms with E-state index < -0.39 is 0 Å². The minimum Gasteiger partial charge on any atom is -0.487 e. The van der Waals surface area contributed by atoms with Crippen molar-refractivity contribution in [3.8, 4) is 5.75 Å². The number of amides is 1. The summed E-state index contributed by atoms with van der Waals surface area (Å²) in [6.07, 6.45) is 0. The molecule has 28 heavy (non-hydrogen) atoms. The number of carbonyl (C=O) groups excluding carboxylic acids is 1. The average Bonchev–Trinajstić information content (AvgIpc) is 3.25. The zero-order valence-electron chi connectivity index (χ0n) is 15.5. The fraction of sp³-hybridized carbons (Fsp3) is 0.130. The van der Waals surface area contributed by atoms with Crippen molar-refractivity contribution in [1.29, 1.82) is 0 Å². The first-order valence-electron chi connectivity index (χ1n) is 9.09. The van der Waals surface area contributed by atoms with E-state index in [1.165, 1.54) is 16.7 Å². The largest absolute Gasteiger partial charge is 0.487 e. The van der Waals surface area contributed by atoms with Crippen molar-refractivity contribution in [2.45, 2.75) is 19.6 Å². The summed E-state index contributed by atoms with van der Waals surface area (Å²) in [5.74, 6) is 0.526. The van der Waals surface area contributed by atoms with Crippen LogP contribution in [0.3, 0.4) is 0 Å². The summed E-state index contributed by atoms with van der Waals surface area (Å²) in [5, 5.41) is 7.36. The smallest absolute Gasteiger partial charge is 0.251 e. The van der Waals surface area contributed by atoms with Crippen LogP contribution in [0.5, 0.6) is 5.75 Å². The molecule has 0 bridgehead atoms. The number of hydrogen-bond acceptors (Lipinski definition) is 4. The molecule has 0 saturated carbocycles. The summed E-state index contributed by atoms with van der Waals surface area (Å²) in [4.78, 5) is 17.0. The Balaban J connectivity index is 1.47. The summed E-state index contributed by atoms with van der Waals surface area (Å²) >= 11 is 1.53. The number of fused-ring (bicyclic) bond motifs is 1. The Bertz CT molecular complexity index is 1090. The van der Waals surface area contributed by atoms with Crippen LogP contribution in [0.1, 0.15) is 34.6 Å². The third-order valence-electron chi connectivity index (χ3n) is 4.60. The first-order chi connectivity index (χ1) is 13.7. The van der Waals surface area contributed by atoms with Crippen LogP contribution >= 0.6 is 11.3 Å². The van der Waals surface area contributed by atoms with Crippen LogP contribution in [0.4, 0.5) is 0 Å². The van der Waals surface area contributed by atoms with Crippen LogP contribution in [0.25, 0.3) is 10.8 Å². The minimum absolute atomic E-state index is 0.113. The van der Waals surface area contributed by atoms with Gasteiger partial charge in [-0.2, -0.15) is 0 Å². The van der Waals surface area contributed by atoms with E-state index >= 15 is 0 Å². The summed E-state index contributed by atoms with van der Waals surface area (Å²) in [6.45, 7) is 2.39. The third-order valence-corrected chi connectivity index (χ3v) is 5.24. The molecule has 4 nitrogen and oxygen atoms in total. The van der Waals surface area contributed by atoms with Gasteiger partial charge in [-0.1, -0.05) is 48.5 Å². The van der Waals surface area contributed by atoms with Gasteiger partial charge < -0.3 is 10.1 Å². The van der Waals surface area contributed by atoms with Gasteiger partial charge in [-0.15, -0.1) is 11.3 Å². The van der Waals surface area contributed by atoms with Gasteiger partial charge in [-0.3, -0.25) is 4.79 Å². The molecular formula is C23H20N2O2S. The summed E-state index contributed by atoms with van der Waals surface area (Å²) in [7, 11) is 0. The van der Waals surface area contributed by atoms with Crippen LogP contribution in [-0.4, -0.2) is 10.9 Å². The van der Waals surface area contributed by atoms with E-state index in [-0.39, 0.29) is 11.9 Å². The average molecular weight is 388 g/mol. The summed E-state index contributed by atoms with van der Waals surface area (Å²) in [6, 6.07) is 21.5. The number of nitrogens with one attached hydrogen (secondary N) is 1. The topological polar surface area (TPSA) is 51.2 Å². The maximum absolute atomic E-state index is 12.8. The van der Waals surface area contributed by atoms with Gasteiger partial charge in [-0.25, -0.2) is 4.98 Å². The molecule has 0 saturated heterocycles. The van der Waals surface area contributed by atoms with Crippen LogP contribution in [0.15, 0.2) is 77.6 Å². The van der Waals surface area contributed by atoms with Crippen molar-refractivity contribution in [3.63, 3.8) is 0 Å². The molecule has 1 N–H and O–H groups in total. The molecule has 0 aliphatic heterocycles. The van der Waals surface area contributed by atoms with Gasteiger partial charge in [0.05, 0.1) is 17.2 Å². The lowest BCUT2D eigenvalue weighted by atomic mass is 9.99. The van der Waals surface area contributed by atoms with Crippen molar-refractivity contribution in [2.24, 2.45) is 0 Å². The Kier molecular flexibility index (Phi) is 5.35. The van der Waals surface area contributed by atoms with Gasteiger partial charge in [0.25, 0.3) is 5.91 Å². The van der Waals surface area contributed by atoms with E-state index in [1.54, 1.807) is 17.6 Å². The highest BCUT2D eigenvalue weighted by atomic mass is 32.1. The molecule has 0 aliphatic rings. The third kappa shape index (κ3) is 4.05. The maximum Gasteiger partial charge on any atom is 0.251 e. The van der Waals surface area contributed by atoms with Crippen molar-refractivity contribution < 1.29 is 9.53 Å². The zero-order valence-corrected chi connectivity index (χ0v) is 16.3. The predicted octanol–water partition coefficient (Wildman–Crippen LogP) is 5.37. The van der Waals surface area contributed by atoms with Crippen molar-refractivity contribution in [1.82, 2.24) is 10.3 Å². The molecule has 5 heteroatoms. The second-order valence-electron chi connectivity index (χ2n) is 6.56. The van der Waals surface area contributed by atoms with Crippen LogP contribution < -0.4 is 10.1 Å². The van der Waals surface area contributed by atoms with Gasteiger partial charge in [0.15, 0.2) is 0 Å². The normalized spacial score (nSPS) is 11.9. The van der Waals surface area contributed by atoms with Crippen LogP contribution in [-0.2, 0) is 6.61 Å². The highest BCUT2D eigenvalue weighted by Gasteiger charge is 2.14.